The summed E-state index contributed by atoms with van der Waals surface area (Å²) in [6.07, 6.45) is 2.99. The Balaban J connectivity index is 2.21. The summed E-state index contributed by atoms with van der Waals surface area (Å²) in [4.78, 5) is 0. The van der Waals surface area contributed by atoms with Gasteiger partial charge in [-0.3, -0.25) is 0 Å². The minimum absolute atomic E-state index is 0.203. The van der Waals surface area contributed by atoms with E-state index in [1.807, 2.05) is 37.4 Å². The van der Waals surface area contributed by atoms with Crippen molar-refractivity contribution in [2.75, 3.05) is 0 Å². The summed E-state index contributed by atoms with van der Waals surface area (Å²) in [7, 11) is 0. The minimum Gasteiger partial charge on any atom is -0.491 e. The summed E-state index contributed by atoms with van der Waals surface area (Å²) in [5, 5.41) is 7.98. The van der Waals surface area contributed by atoms with E-state index in [-0.39, 0.29) is 6.10 Å². The van der Waals surface area contributed by atoms with Crippen LogP contribution in [0.25, 0.3) is 5.69 Å². The van der Waals surface area contributed by atoms with Crippen LogP contribution in [0.3, 0.4) is 0 Å². The number of ether oxygens (including phenoxy) is 1. The molecule has 1 aromatic carbocycles. The predicted molar refractivity (Wildman–Crippen MR) is 71.3 cm³/mol. The van der Waals surface area contributed by atoms with Crippen molar-refractivity contribution in [3.05, 3.63) is 36.2 Å². The second-order valence-corrected chi connectivity index (χ2v) is 4.39. The lowest BCUT2D eigenvalue weighted by molar-refractivity contribution is 0.217. The molecule has 5 heteroatoms. The van der Waals surface area contributed by atoms with Crippen molar-refractivity contribution in [2.24, 2.45) is 0 Å². The van der Waals surface area contributed by atoms with Crippen molar-refractivity contribution >= 4 is 11.6 Å². The first-order valence-corrected chi connectivity index (χ1v) is 6.50. The van der Waals surface area contributed by atoms with Crippen LogP contribution >= 0.6 is 11.6 Å². The van der Waals surface area contributed by atoms with E-state index in [2.05, 4.69) is 17.2 Å². The lowest BCUT2D eigenvalue weighted by atomic mass is 10.3. The molecule has 1 heterocycles. The number of rotatable bonds is 5. The van der Waals surface area contributed by atoms with E-state index < -0.39 is 0 Å². The van der Waals surface area contributed by atoms with Crippen molar-refractivity contribution in [1.29, 1.82) is 0 Å². The first-order valence-electron chi connectivity index (χ1n) is 5.97. The van der Waals surface area contributed by atoms with Gasteiger partial charge < -0.3 is 4.74 Å². The molecular weight excluding hydrogens is 250 g/mol. The van der Waals surface area contributed by atoms with E-state index in [1.165, 1.54) is 0 Å². The molecule has 0 fully saturated rings. The monoisotopic (exact) mass is 265 g/mol. The number of halogens is 1. The molecule has 18 heavy (non-hydrogen) atoms. The third-order valence-electron chi connectivity index (χ3n) is 2.67. The molecule has 4 nitrogen and oxygen atoms in total. The van der Waals surface area contributed by atoms with Gasteiger partial charge in [0.1, 0.15) is 5.75 Å². The highest BCUT2D eigenvalue weighted by Crippen LogP contribution is 2.18. The Labute approximate surface area is 112 Å². The van der Waals surface area contributed by atoms with Crippen molar-refractivity contribution < 1.29 is 4.74 Å². The first-order chi connectivity index (χ1) is 8.72. The van der Waals surface area contributed by atoms with Gasteiger partial charge in [-0.25, -0.2) is 4.68 Å². The molecule has 96 valence electrons. The third kappa shape index (κ3) is 3.01. The topological polar surface area (TPSA) is 39.9 Å². The molecule has 1 unspecified atom stereocenters. The summed E-state index contributed by atoms with van der Waals surface area (Å²) in [6, 6.07) is 7.78. The normalized spacial score (nSPS) is 12.4. The number of alkyl halides is 1. The summed E-state index contributed by atoms with van der Waals surface area (Å²) >= 11 is 5.71. The van der Waals surface area contributed by atoms with Crippen LogP contribution in [0.4, 0.5) is 0 Å². The molecule has 1 atom stereocenters. The third-order valence-corrected chi connectivity index (χ3v) is 2.95. The average Bonchev–Trinajstić information content (AvgIpc) is 2.87. The lowest BCUT2D eigenvalue weighted by Crippen LogP contribution is -2.09. The zero-order valence-corrected chi connectivity index (χ0v) is 11.3. The summed E-state index contributed by atoms with van der Waals surface area (Å²) in [6.45, 7) is 4.15. The highest BCUT2D eigenvalue weighted by molar-refractivity contribution is 6.16. The maximum atomic E-state index is 5.77. The van der Waals surface area contributed by atoms with Gasteiger partial charge in [0, 0.05) is 6.07 Å². The molecule has 0 amide bonds. The smallest absolute Gasteiger partial charge is 0.121 e. The summed E-state index contributed by atoms with van der Waals surface area (Å²) < 4.78 is 7.47. The van der Waals surface area contributed by atoms with Crippen molar-refractivity contribution in [2.45, 2.75) is 32.3 Å². The second-order valence-electron chi connectivity index (χ2n) is 4.12. The number of benzene rings is 1. The molecule has 2 aromatic rings. The van der Waals surface area contributed by atoms with Gasteiger partial charge in [-0.1, -0.05) is 18.2 Å². The largest absolute Gasteiger partial charge is 0.491 e. The van der Waals surface area contributed by atoms with Crippen LogP contribution in [-0.4, -0.2) is 21.1 Å². The number of hydrogen-bond acceptors (Lipinski definition) is 3. The molecule has 0 N–H and O–H groups in total. The Kier molecular flexibility index (Phi) is 4.20. The van der Waals surface area contributed by atoms with Crippen LogP contribution in [0.15, 0.2) is 30.5 Å². The van der Waals surface area contributed by atoms with Gasteiger partial charge in [0.15, 0.2) is 0 Å². The zero-order valence-electron chi connectivity index (χ0n) is 10.5. The van der Waals surface area contributed by atoms with E-state index in [4.69, 9.17) is 16.3 Å². The minimum atomic E-state index is 0.203. The van der Waals surface area contributed by atoms with Crippen LogP contribution in [-0.2, 0) is 5.88 Å². The lowest BCUT2D eigenvalue weighted by Gasteiger charge is -2.13. The standard InChI is InChI=1S/C13H16ClN3O/c1-3-10(2)18-13-6-4-5-12(7-13)17-9-11(8-14)15-16-17/h4-7,9-10H,3,8H2,1-2H3. The predicted octanol–water partition coefficient (Wildman–Crippen LogP) is 3.18. The highest BCUT2D eigenvalue weighted by Gasteiger charge is 2.05. The Bertz CT molecular complexity index is 512. The van der Waals surface area contributed by atoms with E-state index in [0.717, 1.165) is 23.6 Å². The van der Waals surface area contributed by atoms with Gasteiger partial charge in [-0.15, -0.1) is 16.7 Å². The summed E-state index contributed by atoms with van der Waals surface area (Å²) in [5.74, 6) is 1.20. The van der Waals surface area contributed by atoms with Crippen molar-refractivity contribution in [1.82, 2.24) is 15.0 Å². The molecule has 0 aliphatic carbocycles. The van der Waals surface area contributed by atoms with E-state index in [9.17, 15) is 0 Å². The maximum absolute atomic E-state index is 5.77. The van der Waals surface area contributed by atoms with Crippen LogP contribution in [0.5, 0.6) is 5.75 Å². The zero-order chi connectivity index (χ0) is 13.0. The van der Waals surface area contributed by atoms with Crippen LogP contribution in [0.1, 0.15) is 26.0 Å². The molecule has 0 saturated heterocycles. The maximum Gasteiger partial charge on any atom is 0.121 e. The average molecular weight is 266 g/mol. The fraction of sp³-hybridized carbons (Fsp3) is 0.385. The quantitative estimate of drug-likeness (QED) is 0.780. The Morgan fingerprint density at radius 2 is 2.28 bits per heavy atom. The molecule has 0 spiro atoms. The van der Waals surface area contributed by atoms with Crippen molar-refractivity contribution in [3.63, 3.8) is 0 Å². The van der Waals surface area contributed by atoms with Gasteiger partial charge in [-0.2, -0.15) is 0 Å². The fourth-order valence-corrected chi connectivity index (χ4v) is 1.62. The number of hydrogen-bond donors (Lipinski definition) is 0. The number of aromatic nitrogens is 3. The first kappa shape index (κ1) is 12.9. The highest BCUT2D eigenvalue weighted by atomic mass is 35.5. The van der Waals surface area contributed by atoms with E-state index >= 15 is 0 Å². The Hall–Kier alpha value is -1.55. The fourth-order valence-electron chi connectivity index (χ4n) is 1.50. The molecule has 0 aliphatic rings. The SMILES string of the molecule is CCC(C)Oc1cccc(-n2cc(CCl)nn2)c1. The van der Waals surface area contributed by atoms with E-state index in [0.29, 0.717) is 5.88 Å². The molecule has 0 aliphatic heterocycles. The van der Waals surface area contributed by atoms with Crippen LogP contribution in [0, 0.1) is 0 Å². The van der Waals surface area contributed by atoms with Crippen molar-refractivity contribution in [3.8, 4) is 11.4 Å². The van der Waals surface area contributed by atoms with E-state index in [1.54, 1.807) is 4.68 Å². The van der Waals surface area contributed by atoms with Gasteiger partial charge >= 0.3 is 0 Å². The van der Waals surface area contributed by atoms with Crippen LogP contribution < -0.4 is 4.74 Å². The van der Waals surface area contributed by atoms with Gasteiger partial charge in [0.2, 0.25) is 0 Å². The van der Waals surface area contributed by atoms with Gasteiger partial charge in [0.25, 0.3) is 0 Å². The molecular formula is C13H16ClN3O. The van der Waals surface area contributed by atoms with Gasteiger partial charge in [-0.05, 0) is 25.5 Å². The Morgan fingerprint density at radius 1 is 1.44 bits per heavy atom. The molecule has 0 saturated carbocycles. The molecule has 1 aromatic heterocycles. The number of nitrogens with zero attached hydrogens (tertiary/aromatic N) is 3. The second kappa shape index (κ2) is 5.87. The van der Waals surface area contributed by atoms with Crippen LogP contribution in [0.2, 0.25) is 0 Å². The molecule has 0 radical (unpaired) electrons. The molecule has 0 bridgehead atoms. The van der Waals surface area contributed by atoms with Gasteiger partial charge in [0.05, 0.1) is 29.6 Å². The molecule has 2 rings (SSSR count). The summed E-state index contributed by atoms with van der Waals surface area (Å²) in [5.41, 5.74) is 1.67. The Morgan fingerprint density at radius 3 is 2.94 bits per heavy atom.